The molecular weight excluding hydrogens is 653 g/mol. The fourth-order valence-corrected chi connectivity index (χ4v) is 6.14. The highest BCUT2D eigenvalue weighted by atomic mass is 32.3. The summed E-state index contributed by atoms with van der Waals surface area (Å²) in [5.41, 5.74) is 3.54. The van der Waals surface area contributed by atoms with Crippen LogP contribution < -0.4 is 9.80 Å². The molecule has 0 spiro atoms. The van der Waals surface area contributed by atoms with E-state index in [1.165, 1.54) is 11.3 Å². The molecule has 1 aromatic heterocycles. The standard InChI is InChI=1S/C32H33N8OS.CH4O4S/c1-5-38(6-2)24-13-11-23(12-14-24)36-37-32-35-31(39-15-17-40(3,4)18-16-39)28(42-32)19-27-29(22(20-33)21-34)25-9-7-8-10-26(25)30(27)41;1-5-6(2,3)4/h7-14,19H,5-6,15-18H2,1-4H3;1H3,(H,2,3,4)/q+1;/p-1/b27-19-,37-36?;. The second kappa shape index (κ2) is 15.4. The molecule has 1 aliphatic heterocycles. The Kier molecular flexibility index (Phi) is 11.6. The van der Waals surface area contributed by atoms with Gasteiger partial charge >= 0.3 is 0 Å². The van der Waals surface area contributed by atoms with Crippen LogP contribution in [0.1, 0.15) is 34.6 Å². The van der Waals surface area contributed by atoms with Crippen molar-refractivity contribution in [1.82, 2.24) is 4.98 Å². The first-order valence-corrected chi connectivity index (χ1v) is 17.3. The lowest BCUT2D eigenvalue weighted by atomic mass is 9.99. The van der Waals surface area contributed by atoms with Crippen LogP contribution in [0.2, 0.25) is 0 Å². The Hall–Kier alpha value is -4.77. The highest BCUT2D eigenvalue weighted by Crippen LogP contribution is 2.43. The number of carbonyl (C=O) groups excluding carboxylic acids is 1. The number of ketones is 1. The van der Waals surface area contributed by atoms with Gasteiger partial charge < -0.3 is 18.8 Å². The third-order valence-electron chi connectivity index (χ3n) is 8.01. The second-order valence-electron chi connectivity index (χ2n) is 11.4. The molecule has 0 bridgehead atoms. The van der Waals surface area contributed by atoms with Crippen molar-refractivity contribution in [3.8, 4) is 12.1 Å². The number of nitriles is 2. The number of carbonyl (C=O) groups is 1. The normalized spacial score (nSPS) is 16.2. The number of hydrogen-bond acceptors (Lipinski definition) is 13. The Balaban J connectivity index is 0.000000794. The number of anilines is 2. The lowest BCUT2D eigenvalue weighted by molar-refractivity contribution is -0.890. The van der Waals surface area contributed by atoms with E-state index in [1.807, 2.05) is 36.4 Å². The fraction of sp³-hybridized carbons (Fsp3) is 0.333. The largest absolute Gasteiger partial charge is 0.726 e. The summed E-state index contributed by atoms with van der Waals surface area (Å²) in [7, 11) is 0.819. The highest BCUT2D eigenvalue weighted by Gasteiger charge is 2.34. The molecule has 2 aromatic carbocycles. The number of azo groups is 1. The van der Waals surface area contributed by atoms with Gasteiger partial charge in [0.15, 0.2) is 5.78 Å². The first-order valence-electron chi connectivity index (χ1n) is 15.1. The molecule has 1 fully saturated rings. The van der Waals surface area contributed by atoms with Gasteiger partial charge in [-0.15, -0.1) is 10.2 Å². The van der Waals surface area contributed by atoms with Gasteiger partial charge in [0.25, 0.3) is 0 Å². The van der Waals surface area contributed by atoms with Crippen LogP contribution in [-0.4, -0.2) is 88.7 Å². The lowest BCUT2D eigenvalue weighted by Gasteiger charge is -2.39. The monoisotopic (exact) mass is 688 g/mol. The van der Waals surface area contributed by atoms with Gasteiger partial charge in [0.05, 0.1) is 57.9 Å². The first kappa shape index (κ1) is 36.1. The summed E-state index contributed by atoms with van der Waals surface area (Å²) in [4.78, 5) is 23.7. The fourth-order valence-electron chi connectivity index (χ4n) is 5.29. The van der Waals surface area contributed by atoms with Crippen LogP contribution in [0.15, 0.2) is 69.9 Å². The summed E-state index contributed by atoms with van der Waals surface area (Å²) in [6.45, 7) is 9.62. The van der Waals surface area contributed by atoms with Crippen molar-refractivity contribution in [2.75, 3.05) is 70.3 Å². The van der Waals surface area contributed by atoms with E-state index in [1.54, 1.807) is 30.3 Å². The van der Waals surface area contributed by atoms with E-state index in [9.17, 15) is 28.3 Å². The number of thiazole rings is 1. The third-order valence-corrected chi connectivity index (χ3v) is 9.29. The highest BCUT2D eigenvalue weighted by molar-refractivity contribution is 7.80. The number of aromatic nitrogens is 1. The Bertz CT molecular complexity index is 1920. The number of benzene rings is 2. The molecular formula is C33H36N8O5S2. The molecule has 0 unspecified atom stereocenters. The van der Waals surface area contributed by atoms with Crippen molar-refractivity contribution in [3.63, 3.8) is 0 Å². The van der Waals surface area contributed by atoms with E-state index in [0.717, 1.165) is 72.9 Å². The number of likely N-dealkylation sites (N-methyl/N-ethyl adjacent to an activating group) is 1. The Labute approximate surface area is 284 Å². The van der Waals surface area contributed by atoms with Crippen LogP contribution in [0.4, 0.5) is 22.3 Å². The zero-order valence-corrected chi connectivity index (χ0v) is 29.0. The molecule has 15 heteroatoms. The van der Waals surface area contributed by atoms with Gasteiger partial charge in [0.1, 0.15) is 23.5 Å². The molecule has 48 heavy (non-hydrogen) atoms. The molecule has 2 aliphatic rings. The number of quaternary nitrogens is 1. The molecule has 5 rings (SSSR count). The van der Waals surface area contributed by atoms with Crippen molar-refractivity contribution in [1.29, 1.82) is 10.5 Å². The van der Waals surface area contributed by atoms with E-state index in [0.29, 0.717) is 27.4 Å². The van der Waals surface area contributed by atoms with Crippen molar-refractivity contribution in [2.45, 2.75) is 13.8 Å². The van der Waals surface area contributed by atoms with Crippen molar-refractivity contribution in [3.05, 3.63) is 75.7 Å². The van der Waals surface area contributed by atoms with Gasteiger partial charge in [-0.05, 0) is 49.8 Å². The topological polar surface area (TPSA) is 175 Å². The van der Waals surface area contributed by atoms with E-state index in [-0.39, 0.29) is 11.4 Å². The zero-order chi connectivity index (χ0) is 35.1. The van der Waals surface area contributed by atoms with Crippen molar-refractivity contribution < 1.29 is 26.4 Å². The van der Waals surface area contributed by atoms with Crippen LogP contribution >= 0.6 is 11.3 Å². The first-order chi connectivity index (χ1) is 22.8. The van der Waals surface area contributed by atoms with Crippen LogP contribution in [0.3, 0.4) is 0 Å². The molecule has 1 aliphatic carbocycles. The maximum absolute atomic E-state index is 13.6. The molecule has 13 nitrogen and oxygen atoms in total. The molecule has 0 saturated carbocycles. The minimum absolute atomic E-state index is 0.0873. The number of fused-ring (bicyclic) bond motifs is 1. The molecule has 3 aromatic rings. The van der Waals surface area contributed by atoms with Gasteiger partial charge in [-0.3, -0.25) is 8.98 Å². The summed E-state index contributed by atoms with van der Waals surface area (Å²) in [6, 6.07) is 19.0. The SMILES string of the molecule is CCN(CC)c1ccc(N=Nc2nc(N3CC[N+](C)(C)CC3)c(/C=C3\C(=O)c4ccccc4C3=C(C#N)C#N)s2)cc1.COS(=O)(=O)[O-]. The van der Waals surface area contributed by atoms with Crippen LogP contribution in [-0.2, 0) is 14.6 Å². The maximum atomic E-state index is 13.6. The van der Waals surface area contributed by atoms with Crippen molar-refractivity contribution in [2.24, 2.45) is 10.2 Å². The number of piperazine rings is 1. The molecule has 0 atom stereocenters. The number of nitrogens with zero attached hydrogens (tertiary/aromatic N) is 8. The predicted octanol–water partition coefficient (Wildman–Crippen LogP) is 5.47. The maximum Gasteiger partial charge on any atom is 0.232 e. The predicted molar refractivity (Wildman–Crippen MR) is 184 cm³/mol. The van der Waals surface area contributed by atoms with E-state index >= 15 is 0 Å². The summed E-state index contributed by atoms with van der Waals surface area (Å²) in [5, 5.41) is 28.9. The van der Waals surface area contributed by atoms with Gasteiger partial charge in [0.2, 0.25) is 15.5 Å². The molecule has 1 saturated heterocycles. The van der Waals surface area contributed by atoms with Gasteiger partial charge in [0, 0.05) is 35.5 Å². The van der Waals surface area contributed by atoms with E-state index in [4.69, 9.17) is 4.98 Å². The molecule has 0 radical (unpaired) electrons. The summed E-state index contributed by atoms with van der Waals surface area (Å²) >= 11 is 1.34. The van der Waals surface area contributed by atoms with Crippen LogP contribution in [0.25, 0.3) is 11.6 Å². The van der Waals surface area contributed by atoms with E-state index in [2.05, 4.69) is 52.2 Å². The molecule has 0 N–H and O–H groups in total. The Morgan fingerprint density at radius 2 is 1.65 bits per heavy atom. The average Bonchev–Trinajstić information content (AvgIpc) is 3.60. The minimum atomic E-state index is -4.41. The summed E-state index contributed by atoms with van der Waals surface area (Å²) < 4.78 is 31.9. The molecule has 250 valence electrons. The van der Waals surface area contributed by atoms with E-state index < -0.39 is 10.4 Å². The van der Waals surface area contributed by atoms with Gasteiger partial charge in [-0.25, -0.2) is 8.42 Å². The van der Waals surface area contributed by atoms with Crippen LogP contribution in [0, 0.1) is 22.7 Å². The number of hydrogen-bond donors (Lipinski definition) is 0. The van der Waals surface area contributed by atoms with Crippen molar-refractivity contribution >= 4 is 61.5 Å². The zero-order valence-electron chi connectivity index (χ0n) is 27.4. The van der Waals surface area contributed by atoms with Gasteiger partial charge in [-0.1, -0.05) is 35.6 Å². The molecule has 0 amide bonds. The number of rotatable bonds is 8. The Morgan fingerprint density at radius 3 is 2.19 bits per heavy atom. The summed E-state index contributed by atoms with van der Waals surface area (Å²) in [5.74, 6) is 0.521. The Morgan fingerprint density at radius 1 is 1.06 bits per heavy atom. The number of Topliss-reactive ketones (excluding diaryl/α,β-unsaturated/α-hetero) is 1. The summed E-state index contributed by atoms with van der Waals surface area (Å²) in [6.07, 6.45) is 1.77. The van der Waals surface area contributed by atoms with Gasteiger partial charge in [-0.2, -0.15) is 15.5 Å². The second-order valence-corrected chi connectivity index (χ2v) is 13.6. The average molecular weight is 689 g/mol. The third kappa shape index (κ3) is 8.57. The minimum Gasteiger partial charge on any atom is -0.726 e. The number of allylic oxidation sites excluding steroid dienone is 3. The molecule has 2 heterocycles. The smallest absolute Gasteiger partial charge is 0.232 e. The van der Waals surface area contributed by atoms with Crippen LogP contribution in [0.5, 0.6) is 0 Å². The lowest BCUT2D eigenvalue weighted by Crippen LogP contribution is -2.55. The quantitative estimate of drug-likeness (QED) is 0.0736.